The number of hydrogen-bond acceptors (Lipinski definition) is 6. The largest absolute Gasteiger partial charge is 0.495 e. The number of ether oxygens (including phenoxy) is 2. The Morgan fingerprint density at radius 3 is 2.85 bits per heavy atom. The Morgan fingerprint density at radius 1 is 1.23 bits per heavy atom. The number of amides is 3. The lowest BCUT2D eigenvalue weighted by Crippen LogP contribution is -2.51. The number of rotatable bonds is 4. The van der Waals surface area contributed by atoms with Gasteiger partial charge >= 0.3 is 6.03 Å². The van der Waals surface area contributed by atoms with Crippen molar-refractivity contribution in [1.82, 2.24) is 14.9 Å². The number of nitrogens with zero attached hydrogens (tertiary/aromatic N) is 2. The van der Waals surface area contributed by atoms with Gasteiger partial charge in [0.25, 0.3) is 5.91 Å². The van der Waals surface area contributed by atoms with Crippen molar-refractivity contribution in [2.24, 2.45) is 28.0 Å². The van der Waals surface area contributed by atoms with E-state index in [0.717, 1.165) is 68.8 Å². The third-order valence-electron chi connectivity index (χ3n) is 11.4. The van der Waals surface area contributed by atoms with Gasteiger partial charge in [-0.2, -0.15) is 0 Å². The van der Waals surface area contributed by atoms with Crippen molar-refractivity contribution in [3.05, 3.63) is 70.0 Å². The first kappa shape index (κ1) is 33.8. The Morgan fingerprint density at radius 2 is 2.08 bits per heavy atom. The van der Waals surface area contributed by atoms with E-state index in [1.54, 1.807) is 13.2 Å². The van der Waals surface area contributed by atoms with Gasteiger partial charge in [-0.05, 0) is 110 Å². The fraction of sp³-hybridized carbons (Fsp3) is 0.622. The van der Waals surface area contributed by atoms with Crippen LogP contribution in [0, 0.1) is 23.7 Å². The van der Waals surface area contributed by atoms with Crippen molar-refractivity contribution in [1.29, 1.82) is 0 Å². The number of allylic oxidation sites excluding steroid dienone is 3. The van der Waals surface area contributed by atoms with E-state index in [1.807, 2.05) is 19.1 Å². The number of carbonyl (C=O) groups excluding carboxylic acids is 2. The van der Waals surface area contributed by atoms with Crippen LogP contribution in [0.2, 0.25) is 5.02 Å². The molecule has 3 amide bonds. The molecule has 9 nitrogen and oxygen atoms in total. The highest BCUT2D eigenvalue weighted by molar-refractivity contribution is 7.92. The number of fused-ring (bicyclic) bond motifs is 4. The minimum absolute atomic E-state index is 0.0163. The molecule has 1 saturated heterocycles. The van der Waals surface area contributed by atoms with Gasteiger partial charge in [0.05, 0.1) is 24.5 Å². The van der Waals surface area contributed by atoms with Gasteiger partial charge in [-0.1, -0.05) is 36.7 Å². The van der Waals surface area contributed by atoms with E-state index in [-0.39, 0.29) is 29.2 Å². The normalized spacial score (nSPS) is 36.1. The number of urea groups is 1. The topological polar surface area (TPSA) is 109 Å². The maximum atomic E-state index is 14.3. The molecular formula is C37H49ClN4O5S. The minimum Gasteiger partial charge on any atom is -0.495 e. The molecule has 1 aromatic carbocycles. The van der Waals surface area contributed by atoms with Crippen LogP contribution in [0.5, 0.6) is 0 Å². The molecule has 2 aliphatic heterocycles. The summed E-state index contributed by atoms with van der Waals surface area (Å²) in [5.41, 5.74) is 2.89. The molecule has 2 unspecified atom stereocenters. The maximum Gasteiger partial charge on any atom is 0.327 e. The average molecular weight is 697 g/mol. The quantitative estimate of drug-likeness (QED) is 0.369. The van der Waals surface area contributed by atoms with E-state index in [0.29, 0.717) is 49.3 Å². The molecule has 260 valence electrons. The molecule has 2 bridgehead atoms. The van der Waals surface area contributed by atoms with Crippen LogP contribution >= 0.6 is 11.6 Å². The summed E-state index contributed by atoms with van der Waals surface area (Å²) in [7, 11) is -1.61. The summed E-state index contributed by atoms with van der Waals surface area (Å²) in [6.45, 7) is 4.74. The van der Waals surface area contributed by atoms with Crippen LogP contribution in [-0.4, -0.2) is 72.3 Å². The van der Waals surface area contributed by atoms with Gasteiger partial charge in [-0.3, -0.25) is 14.4 Å². The molecular weight excluding hydrogens is 648 g/mol. The van der Waals surface area contributed by atoms with Gasteiger partial charge in [0.1, 0.15) is 15.7 Å². The van der Waals surface area contributed by atoms with Crippen LogP contribution in [0.3, 0.4) is 0 Å². The number of hydrogen-bond donors (Lipinski definition) is 2. The number of methoxy groups -OCH3 is 1. The van der Waals surface area contributed by atoms with Crippen LogP contribution in [-0.2, 0) is 36.0 Å². The lowest BCUT2D eigenvalue weighted by molar-refractivity contribution is -0.114. The van der Waals surface area contributed by atoms with E-state index in [4.69, 9.17) is 21.1 Å². The second-order valence-corrected chi connectivity index (χ2v) is 17.5. The molecule has 2 heterocycles. The highest BCUT2D eigenvalue weighted by Crippen LogP contribution is 2.46. The predicted octanol–water partition coefficient (Wildman–Crippen LogP) is 6.08. The Balaban J connectivity index is 1.23. The van der Waals surface area contributed by atoms with E-state index in [9.17, 15) is 13.8 Å². The summed E-state index contributed by atoms with van der Waals surface area (Å²) < 4.78 is 34.0. The Bertz CT molecular complexity index is 1650. The van der Waals surface area contributed by atoms with Gasteiger partial charge in [0.15, 0.2) is 0 Å². The summed E-state index contributed by atoms with van der Waals surface area (Å²) in [5, 5.41) is 3.58. The fourth-order valence-electron chi connectivity index (χ4n) is 8.48. The average Bonchev–Trinajstić information content (AvgIpc) is 3.88. The van der Waals surface area contributed by atoms with Crippen molar-refractivity contribution >= 4 is 33.5 Å². The van der Waals surface area contributed by atoms with Gasteiger partial charge < -0.3 is 14.8 Å². The molecule has 1 aromatic rings. The molecule has 48 heavy (non-hydrogen) atoms. The van der Waals surface area contributed by atoms with Crippen LogP contribution in [0.1, 0.15) is 69.4 Å². The smallest absolute Gasteiger partial charge is 0.327 e. The van der Waals surface area contributed by atoms with Crippen molar-refractivity contribution < 1.29 is 23.3 Å². The second kappa shape index (κ2) is 13.9. The van der Waals surface area contributed by atoms with Crippen LogP contribution in [0.25, 0.3) is 0 Å². The predicted molar refractivity (Wildman–Crippen MR) is 188 cm³/mol. The van der Waals surface area contributed by atoms with Crippen molar-refractivity contribution in [2.45, 2.75) is 82.3 Å². The standard InChI is InChI=1S/C37H49ClN4O5S/c1-24-5-3-7-33(46-2)30-13-10-28(30)20-42-22-37(16-4-6-26-17-29(38)12-14-31(26)37)23-47-34-15-11-27(18-32(34)42)35(43)40-48(45,21-24)41-36(44)39-19-25-8-9-25/h3,7,11-12,14-15,17,24-25,28,30,32-33H,4-6,8-10,13,16,18-23H2,1-2H3,(H2,39,40,41,43,44,45)/b7-3+/t24-,28-,30+,32?,33-,37-,48?/m0/s1. The monoisotopic (exact) mass is 696 g/mol. The minimum atomic E-state index is -3.40. The molecule has 2 N–H and O–H groups in total. The molecule has 0 radical (unpaired) electrons. The highest BCUT2D eigenvalue weighted by atomic mass is 35.5. The number of nitrogens with one attached hydrogen (secondary N) is 2. The molecule has 2 saturated carbocycles. The van der Waals surface area contributed by atoms with Crippen LogP contribution in [0.15, 0.2) is 58.2 Å². The van der Waals surface area contributed by atoms with Crippen molar-refractivity contribution in [2.75, 3.05) is 39.1 Å². The fourth-order valence-corrected chi connectivity index (χ4v) is 10.5. The highest BCUT2D eigenvalue weighted by Gasteiger charge is 2.47. The Kier molecular flexibility index (Phi) is 9.81. The summed E-state index contributed by atoms with van der Waals surface area (Å²) in [6.07, 6.45) is 16.4. The summed E-state index contributed by atoms with van der Waals surface area (Å²) in [5.74, 6) is 1.61. The van der Waals surface area contributed by atoms with Gasteiger partial charge in [0.2, 0.25) is 0 Å². The molecule has 1 spiro atoms. The third-order valence-corrected chi connectivity index (χ3v) is 13.6. The molecule has 0 aromatic heterocycles. The maximum absolute atomic E-state index is 14.3. The first-order valence-corrected chi connectivity index (χ1v) is 19.8. The zero-order chi connectivity index (χ0) is 33.5. The van der Waals surface area contributed by atoms with Gasteiger partial charge in [-0.25, -0.2) is 9.00 Å². The molecule has 3 fully saturated rings. The third kappa shape index (κ3) is 7.28. The summed E-state index contributed by atoms with van der Waals surface area (Å²) >= 11 is 6.45. The van der Waals surface area contributed by atoms with E-state index in [1.165, 1.54) is 11.1 Å². The van der Waals surface area contributed by atoms with E-state index >= 15 is 0 Å². The first-order chi connectivity index (χ1) is 23.1. The lowest BCUT2D eigenvalue weighted by atomic mass is 9.68. The molecule has 7 rings (SSSR count). The number of halogens is 1. The SMILES string of the molecule is CO[C@H]1/C=C/C[C@H](C)CS(=O)(NC(=O)NCC2CC2)=NC(=O)C2=CC=C3OC[C@]4(CCCc5cc(Cl)ccc54)CN(C[C@@H]4CC[C@H]41)C3C2. The molecule has 7 atom stereocenters. The van der Waals surface area contributed by atoms with Crippen molar-refractivity contribution in [3.8, 4) is 0 Å². The van der Waals surface area contributed by atoms with E-state index < -0.39 is 21.9 Å². The number of benzene rings is 1. The first-order valence-electron chi connectivity index (χ1n) is 17.7. The zero-order valence-electron chi connectivity index (χ0n) is 28.1. The van der Waals surface area contributed by atoms with E-state index in [2.05, 4.69) is 43.6 Å². The van der Waals surface area contributed by atoms with Crippen molar-refractivity contribution in [3.63, 3.8) is 0 Å². The lowest BCUT2D eigenvalue weighted by Gasteiger charge is -2.46. The summed E-state index contributed by atoms with van der Waals surface area (Å²) in [6, 6.07) is 5.60. The molecule has 11 heteroatoms. The van der Waals surface area contributed by atoms with Gasteiger partial charge in [-0.15, -0.1) is 4.36 Å². The van der Waals surface area contributed by atoms with Crippen LogP contribution < -0.4 is 10.0 Å². The number of aryl methyl sites for hydroxylation is 1. The molecule has 4 aliphatic carbocycles. The van der Waals surface area contributed by atoms with Gasteiger partial charge in [0, 0.05) is 49.2 Å². The number of carbonyl (C=O) groups is 2. The van der Waals surface area contributed by atoms with Crippen LogP contribution in [0.4, 0.5) is 4.79 Å². The second-order valence-electron chi connectivity index (χ2n) is 15.1. The zero-order valence-corrected chi connectivity index (χ0v) is 29.7. The molecule has 6 aliphatic rings. The summed E-state index contributed by atoms with van der Waals surface area (Å²) in [4.78, 5) is 29.3. The Labute approximate surface area is 290 Å². The Hall–Kier alpha value is -2.66.